The molecule has 0 aromatic heterocycles. The summed E-state index contributed by atoms with van der Waals surface area (Å²) in [6.07, 6.45) is 1.56. The zero-order chi connectivity index (χ0) is 13.7. The average Bonchev–Trinajstić information content (AvgIpc) is 2.39. The first kappa shape index (κ1) is 13.6. The summed E-state index contributed by atoms with van der Waals surface area (Å²) in [5, 5.41) is 4.64. The van der Waals surface area contributed by atoms with E-state index in [9.17, 15) is 4.79 Å². The Kier molecular flexibility index (Phi) is 4.55. The molecule has 5 heteroatoms. The predicted octanol–water partition coefficient (Wildman–Crippen LogP) is 3.76. The van der Waals surface area contributed by atoms with Gasteiger partial charge in [0.2, 0.25) is 0 Å². The maximum atomic E-state index is 11.8. The van der Waals surface area contributed by atoms with E-state index in [1.54, 1.807) is 18.3 Å². The van der Waals surface area contributed by atoms with Crippen molar-refractivity contribution in [2.75, 3.05) is 0 Å². The molecule has 0 spiro atoms. The summed E-state index contributed by atoms with van der Waals surface area (Å²) in [5.74, 6) is -0.381. The van der Waals surface area contributed by atoms with E-state index in [-0.39, 0.29) is 5.91 Å². The third-order valence-corrected chi connectivity index (χ3v) is 2.90. The van der Waals surface area contributed by atoms with Gasteiger partial charge in [-0.15, -0.1) is 0 Å². The number of hydrazone groups is 1. The summed E-state index contributed by atoms with van der Waals surface area (Å²) in [4.78, 5) is 11.8. The van der Waals surface area contributed by atoms with Crippen molar-refractivity contribution in [3.8, 4) is 0 Å². The van der Waals surface area contributed by atoms with E-state index < -0.39 is 0 Å². The number of carbonyl (C=O) groups excluding carboxylic acids is 1. The van der Waals surface area contributed by atoms with Gasteiger partial charge in [0.25, 0.3) is 5.91 Å². The van der Waals surface area contributed by atoms with Gasteiger partial charge in [-0.25, -0.2) is 5.43 Å². The fraction of sp³-hybridized carbons (Fsp3) is 0. The molecule has 0 radical (unpaired) electrons. The lowest BCUT2D eigenvalue weighted by Gasteiger charge is -2.02. The maximum Gasteiger partial charge on any atom is 0.272 e. The fourth-order valence-electron chi connectivity index (χ4n) is 1.44. The minimum Gasteiger partial charge on any atom is -0.267 e. The molecule has 2 aromatic carbocycles. The Bertz CT molecular complexity index is 612. The monoisotopic (exact) mass is 292 g/mol. The summed E-state index contributed by atoms with van der Waals surface area (Å²) in [6.45, 7) is 0. The minimum atomic E-state index is -0.381. The average molecular weight is 293 g/mol. The summed E-state index contributed by atoms with van der Waals surface area (Å²) in [6, 6.07) is 14.1. The highest BCUT2D eigenvalue weighted by molar-refractivity contribution is 6.36. The number of halogens is 2. The van der Waals surface area contributed by atoms with E-state index in [2.05, 4.69) is 10.5 Å². The van der Waals surface area contributed by atoms with Crippen molar-refractivity contribution in [3.05, 3.63) is 69.7 Å². The van der Waals surface area contributed by atoms with Crippen molar-refractivity contribution < 1.29 is 4.79 Å². The van der Waals surface area contributed by atoms with E-state index in [1.807, 2.05) is 30.3 Å². The summed E-state index contributed by atoms with van der Waals surface area (Å²) >= 11 is 11.7. The highest BCUT2D eigenvalue weighted by Gasteiger charge is 2.09. The van der Waals surface area contributed by atoms with Gasteiger partial charge < -0.3 is 0 Å². The molecule has 0 fully saturated rings. The van der Waals surface area contributed by atoms with Crippen LogP contribution in [-0.2, 0) is 0 Å². The van der Waals surface area contributed by atoms with Gasteiger partial charge >= 0.3 is 0 Å². The Morgan fingerprint density at radius 2 is 1.84 bits per heavy atom. The zero-order valence-corrected chi connectivity index (χ0v) is 11.3. The van der Waals surface area contributed by atoms with E-state index in [0.29, 0.717) is 15.6 Å². The third-order valence-electron chi connectivity index (χ3n) is 2.36. The molecule has 2 aromatic rings. The Balaban J connectivity index is 2.04. The van der Waals surface area contributed by atoms with Crippen LogP contribution in [0.5, 0.6) is 0 Å². The Morgan fingerprint density at radius 1 is 1.11 bits per heavy atom. The molecular weight excluding hydrogens is 283 g/mol. The van der Waals surface area contributed by atoms with E-state index in [0.717, 1.165) is 5.56 Å². The number of benzene rings is 2. The molecule has 0 unspecified atom stereocenters. The molecule has 96 valence electrons. The highest BCUT2D eigenvalue weighted by Crippen LogP contribution is 2.20. The number of hydrogen-bond donors (Lipinski definition) is 1. The van der Waals surface area contributed by atoms with Gasteiger partial charge in [-0.05, 0) is 23.8 Å². The van der Waals surface area contributed by atoms with Crippen LogP contribution in [0.1, 0.15) is 15.9 Å². The van der Waals surface area contributed by atoms with Gasteiger partial charge in [0.05, 0.1) is 16.8 Å². The molecule has 1 amide bonds. The van der Waals surface area contributed by atoms with Gasteiger partial charge in [0, 0.05) is 5.02 Å². The first-order chi connectivity index (χ1) is 9.16. The lowest BCUT2D eigenvalue weighted by molar-refractivity contribution is 0.0955. The van der Waals surface area contributed by atoms with Crippen molar-refractivity contribution in [1.82, 2.24) is 5.43 Å². The molecule has 0 aliphatic heterocycles. The second-order valence-corrected chi connectivity index (χ2v) is 4.58. The SMILES string of the molecule is O=C(NN=Cc1ccccc1)c1ccc(Cl)cc1Cl. The predicted molar refractivity (Wildman–Crippen MR) is 78.0 cm³/mol. The number of rotatable bonds is 3. The molecule has 1 N–H and O–H groups in total. The van der Waals surface area contributed by atoms with Crippen LogP contribution >= 0.6 is 23.2 Å². The summed E-state index contributed by atoms with van der Waals surface area (Å²) < 4.78 is 0. The molecule has 0 aliphatic carbocycles. The standard InChI is InChI=1S/C14H10Cl2N2O/c15-11-6-7-12(13(16)8-11)14(19)18-17-9-10-4-2-1-3-5-10/h1-9H,(H,18,19). The first-order valence-corrected chi connectivity index (χ1v) is 6.26. The smallest absolute Gasteiger partial charge is 0.267 e. The fourth-order valence-corrected chi connectivity index (χ4v) is 1.93. The first-order valence-electron chi connectivity index (χ1n) is 5.50. The van der Waals surface area contributed by atoms with Crippen molar-refractivity contribution >= 4 is 35.3 Å². The van der Waals surface area contributed by atoms with E-state index in [1.165, 1.54) is 6.07 Å². The number of nitrogens with zero attached hydrogens (tertiary/aromatic N) is 1. The van der Waals surface area contributed by atoms with Crippen LogP contribution in [0.25, 0.3) is 0 Å². The van der Waals surface area contributed by atoms with E-state index in [4.69, 9.17) is 23.2 Å². The van der Waals surface area contributed by atoms with Crippen molar-refractivity contribution in [3.63, 3.8) is 0 Å². The highest BCUT2D eigenvalue weighted by atomic mass is 35.5. The Morgan fingerprint density at radius 3 is 2.53 bits per heavy atom. The van der Waals surface area contributed by atoms with E-state index >= 15 is 0 Å². The maximum absolute atomic E-state index is 11.8. The van der Waals surface area contributed by atoms with Crippen molar-refractivity contribution in [1.29, 1.82) is 0 Å². The normalized spacial score (nSPS) is 10.6. The molecule has 0 bridgehead atoms. The number of hydrogen-bond acceptors (Lipinski definition) is 2. The molecule has 19 heavy (non-hydrogen) atoms. The largest absolute Gasteiger partial charge is 0.272 e. The van der Waals surface area contributed by atoms with Gasteiger partial charge in [-0.2, -0.15) is 5.10 Å². The lowest BCUT2D eigenvalue weighted by Crippen LogP contribution is -2.17. The van der Waals surface area contributed by atoms with Crippen LogP contribution in [0.3, 0.4) is 0 Å². The second kappa shape index (κ2) is 6.36. The van der Waals surface area contributed by atoms with Crippen molar-refractivity contribution in [2.24, 2.45) is 5.10 Å². The molecule has 0 saturated heterocycles. The molecule has 0 aliphatic rings. The van der Waals surface area contributed by atoms with Crippen LogP contribution in [0, 0.1) is 0 Å². The molecule has 2 rings (SSSR count). The van der Waals surface area contributed by atoms with Crippen LogP contribution < -0.4 is 5.43 Å². The van der Waals surface area contributed by atoms with Gasteiger partial charge in [-0.1, -0.05) is 53.5 Å². The molecule has 0 atom stereocenters. The van der Waals surface area contributed by atoms with Crippen LogP contribution in [-0.4, -0.2) is 12.1 Å². The van der Waals surface area contributed by atoms with Crippen LogP contribution in [0.4, 0.5) is 0 Å². The minimum absolute atomic E-state index is 0.292. The zero-order valence-electron chi connectivity index (χ0n) is 9.81. The lowest BCUT2D eigenvalue weighted by atomic mass is 10.2. The number of nitrogens with one attached hydrogen (secondary N) is 1. The van der Waals surface area contributed by atoms with Gasteiger partial charge in [0.1, 0.15) is 0 Å². The topological polar surface area (TPSA) is 41.5 Å². The summed E-state index contributed by atoms with van der Waals surface area (Å²) in [7, 11) is 0. The number of carbonyl (C=O) groups is 1. The molecule has 0 heterocycles. The van der Waals surface area contributed by atoms with Gasteiger partial charge in [0.15, 0.2) is 0 Å². The van der Waals surface area contributed by atoms with Crippen LogP contribution in [0.15, 0.2) is 53.6 Å². The molecule has 0 saturated carbocycles. The molecular formula is C14H10Cl2N2O. The Labute approximate surface area is 120 Å². The third kappa shape index (κ3) is 3.81. The van der Waals surface area contributed by atoms with Crippen LogP contribution in [0.2, 0.25) is 10.0 Å². The van der Waals surface area contributed by atoms with Gasteiger partial charge in [-0.3, -0.25) is 4.79 Å². The Hall–Kier alpha value is -1.84. The summed E-state index contributed by atoms with van der Waals surface area (Å²) in [5.41, 5.74) is 3.63. The quantitative estimate of drug-likeness (QED) is 0.679. The van der Waals surface area contributed by atoms with Crippen molar-refractivity contribution in [2.45, 2.75) is 0 Å². The molecule has 3 nitrogen and oxygen atoms in total. The number of amides is 1. The second-order valence-electron chi connectivity index (χ2n) is 3.73.